The number of aromatic nitrogens is 4. The lowest BCUT2D eigenvalue weighted by Gasteiger charge is -2.19. The molecular weight excluding hydrogens is 524 g/mol. The minimum absolute atomic E-state index is 0.0659. The predicted molar refractivity (Wildman–Crippen MR) is 155 cm³/mol. The number of hydrogen-bond donors (Lipinski definition) is 1. The summed E-state index contributed by atoms with van der Waals surface area (Å²) in [6.45, 7) is 4.18. The first kappa shape index (κ1) is 27.8. The Hall–Kier alpha value is -3.71. The van der Waals surface area contributed by atoms with Crippen LogP contribution in [0.4, 0.5) is 0 Å². The van der Waals surface area contributed by atoms with Crippen molar-refractivity contribution in [2.24, 2.45) is 0 Å². The second kappa shape index (κ2) is 12.2. The molecule has 2 atom stereocenters. The highest BCUT2D eigenvalue weighted by Crippen LogP contribution is 2.31. The van der Waals surface area contributed by atoms with Crippen LogP contribution >= 0.6 is 11.6 Å². The third kappa shape index (κ3) is 5.61. The minimum Gasteiger partial charge on any atom is -0.476 e. The largest absolute Gasteiger partial charge is 0.476 e. The molecule has 40 heavy (non-hydrogen) atoms. The van der Waals surface area contributed by atoms with Gasteiger partial charge >= 0.3 is 5.97 Å². The predicted octanol–water partition coefficient (Wildman–Crippen LogP) is 6.82. The van der Waals surface area contributed by atoms with Crippen molar-refractivity contribution in [2.45, 2.75) is 77.3 Å². The molecule has 4 aromatic rings. The van der Waals surface area contributed by atoms with Gasteiger partial charge in [-0.15, -0.1) is 0 Å². The van der Waals surface area contributed by atoms with Crippen LogP contribution in [0.1, 0.15) is 106 Å². The number of rotatable bonds is 6. The van der Waals surface area contributed by atoms with Crippen LogP contribution in [-0.2, 0) is 25.7 Å². The lowest BCUT2D eigenvalue weighted by atomic mass is 9.95. The summed E-state index contributed by atoms with van der Waals surface area (Å²) in [4.78, 5) is 22.9. The van der Waals surface area contributed by atoms with Gasteiger partial charge in [0.05, 0.1) is 12.1 Å². The van der Waals surface area contributed by atoms with Gasteiger partial charge in [-0.25, -0.2) is 4.79 Å². The van der Waals surface area contributed by atoms with Crippen molar-refractivity contribution in [3.05, 3.63) is 106 Å². The van der Waals surface area contributed by atoms with Crippen molar-refractivity contribution in [1.82, 2.24) is 19.6 Å². The molecule has 2 aliphatic rings. The molecule has 0 amide bonds. The first-order valence-corrected chi connectivity index (χ1v) is 14.5. The Bertz CT molecular complexity index is 1380. The maximum absolute atomic E-state index is 11.6. The van der Waals surface area contributed by atoms with Gasteiger partial charge in [0.2, 0.25) is 0 Å². The molecule has 2 aliphatic carbocycles. The van der Waals surface area contributed by atoms with E-state index in [1.165, 1.54) is 11.3 Å². The van der Waals surface area contributed by atoms with Gasteiger partial charge in [0.25, 0.3) is 5.24 Å². The summed E-state index contributed by atoms with van der Waals surface area (Å²) in [5.41, 5.74) is 7.30. The Labute approximate surface area is 239 Å². The number of aromatic carboxylic acids is 1. The summed E-state index contributed by atoms with van der Waals surface area (Å²) in [6.07, 6.45) is 8.06. The highest BCUT2D eigenvalue weighted by Gasteiger charge is 2.27. The Balaban J connectivity index is 0.000000161. The van der Waals surface area contributed by atoms with E-state index < -0.39 is 11.2 Å². The van der Waals surface area contributed by atoms with Gasteiger partial charge in [-0.2, -0.15) is 10.2 Å². The van der Waals surface area contributed by atoms with Crippen molar-refractivity contribution in [3.8, 4) is 0 Å². The fourth-order valence-corrected chi connectivity index (χ4v) is 6.12. The number of carbonyl (C=O) groups excluding carboxylic acids is 1. The maximum atomic E-state index is 11.6. The van der Waals surface area contributed by atoms with Gasteiger partial charge < -0.3 is 5.11 Å². The van der Waals surface area contributed by atoms with Crippen LogP contribution in [0.2, 0.25) is 0 Å². The van der Waals surface area contributed by atoms with Crippen LogP contribution in [0, 0.1) is 0 Å². The third-order valence-corrected chi connectivity index (χ3v) is 8.28. The smallest absolute Gasteiger partial charge is 0.356 e. The molecule has 8 heteroatoms. The number of carboxylic acids is 1. The second-order valence-corrected chi connectivity index (χ2v) is 10.9. The summed E-state index contributed by atoms with van der Waals surface area (Å²) in [5, 5.41) is 17.8. The second-order valence-electron chi connectivity index (χ2n) is 10.6. The average Bonchev–Trinajstić information content (AvgIpc) is 3.58. The fraction of sp³-hybridized carbons (Fsp3) is 0.375. The van der Waals surface area contributed by atoms with E-state index >= 15 is 0 Å². The highest BCUT2D eigenvalue weighted by molar-refractivity contribution is 6.67. The lowest BCUT2D eigenvalue weighted by Crippen LogP contribution is -2.14. The Kier molecular flexibility index (Phi) is 8.50. The Morgan fingerprint density at radius 3 is 1.52 bits per heavy atom. The molecule has 7 nitrogen and oxygen atoms in total. The van der Waals surface area contributed by atoms with Gasteiger partial charge in [0, 0.05) is 22.5 Å². The van der Waals surface area contributed by atoms with Crippen molar-refractivity contribution < 1.29 is 14.7 Å². The summed E-state index contributed by atoms with van der Waals surface area (Å²) in [7, 11) is 0. The van der Waals surface area contributed by atoms with Gasteiger partial charge in [0.15, 0.2) is 5.69 Å². The topological polar surface area (TPSA) is 90.0 Å². The molecule has 0 saturated heterocycles. The molecule has 2 heterocycles. The molecular formula is C32H35ClN4O3. The standard InChI is InChI=1S/C16H17ClN2O.C16H18N2O2/c1-11(12-7-3-2-4-8-12)19-14-10-6-5-9-13(14)15(18-19)16(17)20;1-11(12-7-3-2-4-8-12)18-14-10-6-5-9-13(14)15(17-18)16(19)20/h2-4,7-8,11H,5-6,9-10H2,1H3;2-4,7-8,11H,5-6,9-10H2,1H3,(H,19,20). The number of nitrogens with zero attached hydrogens (tertiary/aromatic N) is 4. The van der Waals surface area contributed by atoms with E-state index in [2.05, 4.69) is 48.3 Å². The van der Waals surface area contributed by atoms with E-state index in [-0.39, 0.29) is 17.8 Å². The Morgan fingerprint density at radius 1 is 0.700 bits per heavy atom. The molecule has 0 aliphatic heterocycles. The van der Waals surface area contributed by atoms with E-state index in [0.717, 1.165) is 73.8 Å². The van der Waals surface area contributed by atoms with E-state index in [0.29, 0.717) is 5.69 Å². The maximum Gasteiger partial charge on any atom is 0.356 e. The van der Waals surface area contributed by atoms with Crippen molar-refractivity contribution >= 4 is 22.8 Å². The van der Waals surface area contributed by atoms with Gasteiger partial charge in [-0.3, -0.25) is 14.2 Å². The van der Waals surface area contributed by atoms with E-state index in [1.807, 2.05) is 45.8 Å². The van der Waals surface area contributed by atoms with Crippen molar-refractivity contribution in [3.63, 3.8) is 0 Å². The minimum atomic E-state index is -0.915. The first-order chi connectivity index (χ1) is 19.4. The quantitative estimate of drug-likeness (QED) is 0.262. The zero-order valence-electron chi connectivity index (χ0n) is 23.0. The van der Waals surface area contributed by atoms with E-state index in [9.17, 15) is 14.7 Å². The van der Waals surface area contributed by atoms with Crippen LogP contribution in [0.15, 0.2) is 60.7 Å². The molecule has 0 bridgehead atoms. The molecule has 2 aromatic heterocycles. The third-order valence-electron chi connectivity index (χ3n) is 8.10. The molecule has 6 rings (SSSR count). The number of fused-ring (bicyclic) bond motifs is 2. The van der Waals surface area contributed by atoms with E-state index in [1.54, 1.807) is 0 Å². The number of carboxylic acid groups (broad SMARTS) is 1. The molecule has 1 N–H and O–H groups in total. The van der Waals surface area contributed by atoms with E-state index in [4.69, 9.17) is 11.6 Å². The van der Waals surface area contributed by atoms with Crippen LogP contribution < -0.4 is 0 Å². The Morgan fingerprint density at radius 2 is 1.10 bits per heavy atom. The molecule has 0 fully saturated rings. The molecule has 2 unspecified atom stereocenters. The summed E-state index contributed by atoms with van der Waals surface area (Å²) >= 11 is 5.69. The van der Waals surface area contributed by atoms with Crippen LogP contribution in [-0.4, -0.2) is 35.9 Å². The number of halogens is 1. The zero-order chi connectivity index (χ0) is 28.2. The van der Waals surface area contributed by atoms with Crippen LogP contribution in [0.25, 0.3) is 0 Å². The molecule has 0 saturated carbocycles. The van der Waals surface area contributed by atoms with Crippen LogP contribution in [0.5, 0.6) is 0 Å². The average molecular weight is 559 g/mol. The van der Waals surface area contributed by atoms with Crippen LogP contribution in [0.3, 0.4) is 0 Å². The summed E-state index contributed by atoms with van der Waals surface area (Å²) in [5.74, 6) is -0.915. The van der Waals surface area contributed by atoms with Gasteiger partial charge in [-0.05, 0) is 87.9 Å². The molecule has 0 spiro atoms. The number of hydrogen-bond acceptors (Lipinski definition) is 4. The summed E-state index contributed by atoms with van der Waals surface area (Å²) in [6, 6.07) is 20.5. The van der Waals surface area contributed by atoms with Gasteiger partial charge in [-0.1, -0.05) is 60.7 Å². The SMILES string of the molecule is CC(c1ccccc1)n1nc(C(=O)Cl)c2c1CCCC2.CC(c1ccccc1)n1nc(C(=O)O)c2c1CCCC2. The monoisotopic (exact) mass is 558 g/mol. The number of benzene rings is 2. The van der Waals surface area contributed by atoms with Gasteiger partial charge in [0.1, 0.15) is 5.69 Å². The normalized spacial score (nSPS) is 15.7. The van der Waals surface area contributed by atoms with Crippen molar-refractivity contribution in [2.75, 3.05) is 0 Å². The first-order valence-electron chi connectivity index (χ1n) is 14.1. The summed E-state index contributed by atoms with van der Waals surface area (Å²) < 4.78 is 3.90. The molecule has 208 valence electrons. The zero-order valence-corrected chi connectivity index (χ0v) is 23.8. The highest BCUT2D eigenvalue weighted by atomic mass is 35.5. The lowest BCUT2D eigenvalue weighted by molar-refractivity contribution is 0.0688. The van der Waals surface area contributed by atoms with Crippen molar-refractivity contribution in [1.29, 1.82) is 0 Å². The number of carbonyl (C=O) groups is 2. The fourth-order valence-electron chi connectivity index (χ4n) is 5.97. The molecule has 0 radical (unpaired) electrons. The molecule has 2 aromatic carbocycles.